The number of alkyl halides is 2. The Kier molecular flexibility index (Phi) is 4.04. The lowest BCUT2D eigenvalue weighted by atomic mass is 9.91. The molecule has 1 aromatic rings. The summed E-state index contributed by atoms with van der Waals surface area (Å²) in [5, 5.41) is 0. The number of allylic oxidation sites excluding steroid dienone is 5. The van der Waals surface area contributed by atoms with Gasteiger partial charge in [-0.05, 0) is 38.1 Å². The van der Waals surface area contributed by atoms with Crippen LogP contribution in [-0.4, -0.2) is 0 Å². The van der Waals surface area contributed by atoms with Crippen molar-refractivity contribution in [3.63, 3.8) is 0 Å². The molecule has 0 spiro atoms. The molecule has 1 aliphatic carbocycles. The van der Waals surface area contributed by atoms with E-state index in [0.717, 1.165) is 11.1 Å². The molecular formula is C18H20F2O. The first-order valence-corrected chi connectivity index (χ1v) is 6.92. The van der Waals surface area contributed by atoms with Crippen LogP contribution in [0.5, 0.6) is 0 Å². The lowest BCUT2D eigenvalue weighted by Gasteiger charge is -2.21. The normalized spacial score (nSPS) is 17.8. The van der Waals surface area contributed by atoms with Crippen LogP contribution in [0.3, 0.4) is 0 Å². The van der Waals surface area contributed by atoms with Gasteiger partial charge in [0, 0.05) is 5.41 Å². The topological polar surface area (TPSA) is 9.23 Å². The predicted octanol–water partition coefficient (Wildman–Crippen LogP) is 5.49. The molecular weight excluding hydrogens is 270 g/mol. The first-order valence-electron chi connectivity index (χ1n) is 6.92. The summed E-state index contributed by atoms with van der Waals surface area (Å²) in [5.41, 5.74) is 1.48. The Labute approximate surface area is 124 Å². The van der Waals surface area contributed by atoms with E-state index >= 15 is 0 Å². The van der Waals surface area contributed by atoms with Crippen LogP contribution in [0.4, 0.5) is 8.78 Å². The molecule has 0 N–H and O–H groups in total. The molecule has 112 valence electrons. The van der Waals surface area contributed by atoms with Crippen molar-refractivity contribution in [2.75, 3.05) is 0 Å². The maximum Gasteiger partial charge on any atom is 0.426 e. The van der Waals surface area contributed by atoms with Crippen LogP contribution in [0.2, 0.25) is 0 Å². The quantitative estimate of drug-likeness (QED) is 0.715. The third kappa shape index (κ3) is 4.03. The van der Waals surface area contributed by atoms with E-state index in [1.54, 1.807) is 30.4 Å². The second-order valence-corrected chi connectivity index (χ2v) is 6.07. The molecule has 21 heavy (non-hydrogen) atoms. The van der Waals surface area contributed by atoms with Crippen molar-refractivity contribution in [3.05, 3.63) is 71.0 Å². The van der Waals surface area contributed by atoms with Gasteiger partial charge in [0.05, 0.1) is 5.56 Å². The van der Waals surface area contributed by atoms with E-state index in [0.29, 0.717) is 0 Å². The molecule has 1 aliphatic rings. The molecule has 1 aromatic carbocycles. The Bertz CT molecular complexity index is 605. The first kappa shape index (κ1) is 15.5. The lowest BCUT2D eigenvalue weighted by molar-refractivity contribution is -0.221. The van der Waals surface area contributed by atoms with Crippen molar-refractivity contribution in [1.29, 1.82) is 0 Å². The third-order valence-corrected chi connectivity index (χ3v) is 3.26. The van der Waals surface area contributed by atoms with Gasteiger partial charge in [-0.1, -0.05) is 49.3 Å². The van der Waals surface area contributed by atoms with Crippen LogP contribution in [0.1, 0.15) is 31.9 Å². The van der Waals surface area contributed by atoms with Crippen LogP contribution >= 0.6 is 0 Å². The van der Waals surface area contributed by atoms with Crippen molar-refractivity contribution < 1.29 is 13.5 Å². The minimum Gasteiger partial charge on any atom is -0.429 e. The summed E-state index contributed by atoms with van der Waals surface area (Å²) < 4.78 is 33.5. The molecule has 3 heteroatoms. The molecule has 2 rings (SSSR count). The number of benzene rings is 1. The van der Waals surface area contributed by atoms with Crippen LogP contribution < -0.4 is 0 Å². The van der Waals surface area contributed by atoms with Gasteiger partial charge in [0.15, 0.2) is 0 Å². The zero-order valence-corrected chi connectivity index (χ0v) is 12.8. The van der Waals surface area contributed by atoms with Crippen molar-refractivity contribution in [2.45, 2.75) is 33.8 Å². The summed E-state index contributed by atoms with van der Waals surface area (Å²) >= 11 is 0. The third-order valence-electron chi connectivity index (χ3n) is 3.26. The fourth-order valence-corrected chi connectivity index (χ4v) is 2.32. The highest BCUT2D eigenvalue weighted by Crippen LogP contribution is 2.35. The number of hydrogen-bond acceptors (Lipinski definition) is 1. The average Bonchev–Trinajstić information content (AvgIpc) is 2.46. The van der Waals surface area contributed by atoms with Gasteiger partial charge in [-0.2, -0.15) is 8.78 Å². The Balaban J connectivity index is 2.26. The van der Waals surface area contributed by atoms with Crippen molar-refractivity contribution in [2.24, 2.45) is 5.41 Å². The van der Waals surface area contributed by atoms with Crippen molar-refractivity contribution in [1.82, 2.24) is 0 Å². The van der Waals surface area contributed by atoms with Crippen molar-refractivity contribution >= 4 is 0 Å². The molecule has 0 aromatic heterocycles. The number of ether oxygens (including phenoxy) is 1. The monoisotopic (exact) mass is 290 g/mol. The Morgan fingerprint density at radius 2 is 1.57 bits per heavy atom. The molecule has 0 radical (unpaired) electrons. The predicted molar refractivity (Wildman–Crippen MR) is 80.9 cm³/mol. The molecule has 0 atom stereocenters. The van der Waals surface area contributed by atoms with Crippen LogP contribution in [0.25, 0.3) is 0 Å². The van der Waals surface area contributed by atoms with Gasteiger partial charge in [0.2, 0.25) is 0 Å². The molecule has 1 nitrogen and oxygen atoms in total. The molecule has 0 unspecified atom stereocenters. The van der Waals surface area contributed by atoms with Gasteiger partial charge in [-0.25, -0.2) is 0 Å². The first-order chi connectivity index (χ1) is 9.68. The maximum atomic E-state index is 14.2. The fourth-order valence-electron chi connectivity index (χ4n) is 2.32. The number of rotatable bonds is 3. The Hall–Kier alpha value is -1.90. The fraction of sp³-hybridized carbons (Fsp3) is 0.333. The largest absolute Gasteiger partial charge is 0.429 e. The smallest absolute Gasteiger partial charge is 0.426 e. The maximum absolute atomic E-state index is 14.2. The van der Waals surface area contributed by atoms with Gasteiger partial charge in [-0.15, -0.1) is 0 Å². The summed E-state index contributed by atoms with van der Waals surface area (Å²) in [5.74, 6) is 0.179. The summed E-state index contributed by atoms with van der Waals surface area (Å²) in [7, 11) is 0. The molecule has 0 heterocycles. The molecule has 0 fully saturated rings. The Morgan fingerprint density at radius 1 is 0.952 bits per heavy atom. The summed E-state index contributed by atoms with van der Waals surface area (Å²) in [4.78, 5) is 0. The molecule has 0 saturated carbocycles. The van der Waals surface area contributed by atoms with E-state index < -0.39 is 6.11 Å². The summed E-state index contributed by atoms with van der Waals surface area (Å²) in [6.07, 6.45) is 3.75. The molecule has 0 bridgehead atoms. The highest BCUT2D eigenvalue weighted by atomic mass is 19.3. The highest BCUT2D eigenvalue weighted by molar-refractivity contribution is 5.33. The second kappa shape index (κ2) is 5.47. The van der Waals surface area contributed by atoms with Crippen LogP contribution in [0.15, 0.2) is 59.9 Å². The van der Waals surface area contributed by atoms with E-state index in [4.69, 9.17) is 4.74 Å². The average molecular weight is 290 g/mol. The van der Waals surface area contributed by atoms with Gasteiger partial charge in [0.25, 0.3) is 0 Å². The van der Waals surface area contributed by atoms with Crippen LogP contribution in [-0.2, 0) is 10.8 Å². The lowest BCUT2D eigenvalue weighted by Crippen LogP contribution is -2.18. The van der Waals surface area contributed by atoms with E-state index in [1.165, 1.54) is 12.1 Å². The van der Waals surface area contributed by atoms with Gasteiger partial charge in [0.1, 0.15) is 5.76 Å². The number of aryl methyl sites for hydroxylation is 1. The summed E-state index contributed by atoms with van der Waals surface area (Å²) in [6.45, 7) is 7.71. The molecule has 0 amide bonds. The van der Waals surface area contributed by atoms with Gasteiger partial charge < -0.3 is 4.74 Å². The number of halogens is 2. The van der Waals surface area contributed by atoms with Crippen LogP contribution in [0, 0.1) is 12.3 Å². The Morgan fingerprint density at radius 3 is 2.19 bits per heavy atom. The van der Waals surface area contributed by atoms with E-state index in [2.05, 4.69) is 0 Å². The standard InChI is InChI=1S/C18H20F2O/c1-13-5-8-15(9-6-13)18(19,20)21-16-10-7-14(2)11-17(3,4)12-16/h5-12H,1-4H3. The van der Waals surface area contributed by atoms with Gasteiger partial charge in [-0.3, -0.25) is 0 Å². The minimum absolute atomic E-state index is 0.144. The highest BCUT2D eigenvalue weighted by Gasteiger charge is 2.35. The summed E-state index contributed by atoms with van der Waals surface area (Å²) in [6, 6.07) is 6.09. The van der Waals surface area contributed by atoms with E-state index in [1.807, 2.05) is 33.8 Å². The molecule has 0 saturated heterocycles. The zero-order chi connectivity index (χ0) is 15.7. The van der Waals surface area contributed by atoms with E-state index in [9.17, 15) is 8.78 Å². The van der Waals surface area contributed by atoms with Crippen molar-refractivity contribution in [3.8, 4) is 0 Å². The minimum atomic E-state index is -3.35. The van der Waals surface area contributed by atoms with E-state index in [-0.39, 0.29) is 16.7 Å². The molecule has 0 aliphatic heterocycles. The second-order valence-electron chi connectivity index (χ2n) is 6.07. The SMILES string of the molecule is CC1=CC(C)(C)C=C(OC(F)(F)c2ccc(C)cc2)C=C1. The zero-order valence-electron chi connectivity index (χ0n) is 12.8. The number of hydrogen-bond donors (Lipinski definition) is 0. The van der Waals surface area contributed by atoms with Gasteiger partial charge >= 0.3 is 6.11 Å².